The maximum absolute atomic E-state index is 13.7. The molecule has 6 heteroatoms. The van der Waals surface area contributed by atoms with E-state index in [0.29, 0.717) is 12.2 Å². The molecule has 0 heterocycles. The van der Waals surface area contributed by atoms with Crippen molar-refractivity contribution in [1.82, 2.24) is 10.8 Å². The first kappa shape index (κ1) is 16.8. The summed E-state index contributed by atoms with van der Waals surface area (Å²) < 4.78 is 18.8. The summed E-state index contributed by atoms with van der Waals surface area (Å²) in [6.45, 7) is 2.64. The Morgan fingerprint density at radius 3 is 2.61 bits per heavy atom. The Morgan fingerprint density at radius 2 is 1.91 bits per heavy atom. The smallest absolute Gasteiger partial charge is 0.338 e. The van der Waals surface area contributed by atoms with E-state index in [1.807, 2.05) is 30.3 Å². The van der Waals surface area contributed by atoms with Gasteiger partial charge in [0.2, 0.25) is 0 Å². The third-order valence-corrected chi connectivity index (χ3v) is 3.00. The van der Waals surface area contributed by atoms with E-state index in [4.69, 9.17) is 9.57 Å². The summed E-state index contributed by atoms with van der Waals surface area (Å²) >= 11 is 0. The second kappa shape index (κ2) is 8.75. The van der Waals surface area contributed by atoms with Crippen molar-refractivity contribution in [1.29, 1.82) is 0 Å². The first-order chi connectivity index (χ1) is 11.2. The lowest BCUT2D eigenvalue weighted by Crippen LogP contribution is -2.34. The van der Waals surface area contributed by atoms with Gasteiger partial charge in [0, 0.05) is 6.54 Å². The van der Waals surface area contributed by atoms with Gasteiger partial charge in [-0.05, 0) is 30.2 Å². The number of urea groups is 1. The van der Waals surface area contributed by atoms with Gasteiger partial charge in [0.15, 0.2) is 11.6 Å². The highest BCUT2D eigenvalue weighted by Crippen LogP contribution is 2.18. The van der Waals surface area contributed by atoms with Crippen molar-refractivity contribution in [2.24, 2.45) is 0 Å². The van der Waals surface area contributed by atoms with E-state index < -0.39 is 11.8 Å². The van der Waals surface area contributed by atoms with Crippen molar-refractivity contribution in [3.8, 4) is 5.75 Å². The van der Waals surface area contributed by atoms with Gasteiger partial charge in [-0.1, -0.05) is 36.4 Å². The second-order valence-electron chi connectivity index (χ2n) is 4.76. The molecule has 0 bridgehead atoms. The summed E-state index contributed by atoms with van der Waals surface area (Å²) in [5.41, 5.74) is 3.85. The molecule has 2 rings (SSSR count). The molecule has 0 saturated carbocycles. The van der Waals surface area contributed by atoms with Crippen molar-refractivity contribution in [3.05, 3.63) is 65.5 Å². The molecule has 0 spiro atoms. The second-order valence-corrected chi connectivity index (χ2v) is 4.76. The summed E-state index contributed by atoms with van der Waals surface area (Å²) in [7, 11) is 0. The molecule has 2 aromatic carbocycles. The number of carbonyl (C=O) groups excluding carboxylic acids is 1. The number of hydrogen-bond donors (Lipinski definition) is 2. The molecule has 122 valence electrons. The number of hydroxylamine groups is 1. The number of ether oxygens (including phenoxy) is 1. The van der Waals surface area contributed by atoms with Gasteiger partial charge in [-0.25, -0.2) is 14.7 Å². The summed E-state index contributed by atoms with van der Waals surface area (Å²) in [6, 6.07) is 13.5. The van der Waals surface area contributed by atoms with E-state index in [1.54, 1.807) is 19.1 Å². The number of rotatable bonds is 7. The van der Waals surface area contributed by atoms with Crippen molar-refractivity contribution in [2.75, 3.05) is 6.61 Å². The van der Waals surface area contributed by atoms with Crippen molar-refractivity contribution in [2.45, 2.75) is 20.1 Å². The fourth-order valence-electron chi connectivity index (χ4n) is 1.90. The lowest BCUT2D eigenvalue weighted by molar-refractivity contribution is 0.0489. The van der Waals surface area contributed by atoms with Gasteiger partial charge in [-0.15, -0.1) is 0 Å². The van der Waals surface area contributed by atoms with E-state index in [9.17, 15) is 9.18 Å². The molecular formula is C17H19FN2O3. The van der Waals surface area contributed by atoms with Gasteiger partial charge in [0.25, 0.3) is 0 Å². The minimum Gasteiger partial charge on any atom is -0.491 e. The third-order valence-electron chi connectivity index (χ3n) is 3.00. The standard InChI is InChI=1S/C17H19FN2O3/c1-2-22-16-9-8-14(10-15(16)18)11-19-17(21)20-23-12-13-6-4-3-5-7-13/h3-10H,2,11-12H2,1H3,(H2,19,20,21). The Bertz CT molecular complexity index is 635. The lowest BCUT2D eigenvalue weighted by atomic mass is 10.2. The molecule has 2 N–H and O–H groups in total. The summed E-state index contributed by atoms with van der Waals surface area (Å²) in [4.78, 5) is 16.7. The van der Waals surface area contributed by atoms with Crippen LogP contribution in [-0.4, -0.2) is 12.6 Å². The molecule has 2 amide bonds. The highest BCUT2D eigenvalue weighted by atomic mass is 19.1. The van der Waals surface area contributed by atoms with Gasteiger partial charge >= 0.3 is 6.03 Å². The number of nitrogens with one attached hydrogen (secondary N) is 2. The van der Waals surface area contributed by atoms with Crippen LogP contribution in [0, 0.1) is 5.82 Å². The zero-order chi connectivity index (χ0) is 16.5. The fraction of sp³-hybridized carbons (Fsp3) is 0.235. The molecule has 0 atom stereocenters. The zero-order valence-corrected chi connectivity index (χ0v) is 12.8. The third kappa shape index (κ3) is 5.60. The number of halogens is 1. The van der Waals surface area contributed by atoms with Crippen LogP contribution in [0.15, 0.2) is 48.5 Å². The Morgan fingerprint density at radius 1 is 1.13 bits per heavy atom. The average Bonchev–Trinajstić information content (AvgIpc) is 2.56. The van der Waals surface area contributed by atoms with Crippen molar-refractivity contribution >= 4 is 6.03 Å². The largest absolute Gasteiger partial charge is 0.491 e. The van der Waals surface area contributed by atoms with Crippen LogP contribution in [0.2, 0.25) is 0 Å². The quantitative estimate of drug-likeness (QED) is 0.771. The van der Waals surface area contributed by atoms with E-state index >= 15 is 0 Å². The first-order valence-electron chi connectivity index (χ1n) is 7.30. The number of benzene rings is 2. The number of amides is 2. The first-order valence-corrected chi connectivity index (χ1v) is 7.30. The maximum atomic E-state index is 13.7. The minimum atomic E-state index is -0.491. The van der Waals surface area contributed by atoms with Crippen LogP contribution in [0.5, 0.6) is 5.75 Å². The van der Waals surface area contributed by atoms with E-state index in [1.165, 1.54) is 6.07 Å². The van der Waals surface area contributed by atoms with Gasteiger partial charge in [0.05, 0.1) is 13.2 Å². The molecule has 0 aromatic heterocycles. The van der Waals surface area contributed by atoms with Crippen molar-refractivity contribution in [3.63, 3.8) is 0 Å². The van der Waals surface area contributed by atoms with E-state index in [0.717, 1.165) is 5.56 Å². The monoisotopic (exact) mass is 318 g/mol. The maximum Gasteiger partial charge on any atom is 0.338 e. The number of hydrogen-bond acceptors (Lipinski definition) is 3. The van der Waals surface area contributed by atoms with Crippen LogP contribution >= 0.6 is 0 Å². The summed E-state index contributed by atoms with van der Waals surface area (Å²) in [5, 5.41) is 2.58. The Kier molecular flexibility index (Phi) is 6.38. The Balaban J connectivity index is 1.72. The normalized spacial score (nSPS) is 10.2. The van der Waals surface area contributed by atoms with Gasteiger partial charge in [0.1, 0.15) is 0 Å². The highest BCUT2D eigenvalue weighted by molar-refractivity contribution is 5.72. The van der Waals surface area contributed by atoms with Crippen LogP contribution in [0.3, 0.4) is 0 Å². The Hall–Kier alpha value is -2.60. The molecule has 0 aliphatic heterocycles. The van der Waals surface area contributed by atoms with Gasteiger partial charge in [-0.2, -0.15) is 0 Å². The number of carbonyl (C=O) groups is 1. The molecule has 0 radical (unpaired) electrons. The fourth-order valence-corrected chi connectivity index (χ4v) is 1.90. The van der Waals surface area contributed by atoms with Crippen LogP contribution in [0.25, 0.3) is 0 Å². The molecule has 0 unspecified atom stereocenters. The SMILES string of the molecule is CCOc1ccc(CNC(=O)NOCc2ccccc2)cc1F. The van der Waals surface area contributed by atoms with Gasteiger partial charge in [-0.3, -0.25) is 4.84 Å². The molecule has 0 saturated heterocycles. The van der Waals surface area contributed by atoms with Crippen LogP contribution in [-0.2, 0) is 18.0 Å². The lowest BCUT2D eigenvalue weighted by Gasteiger charge is -2.09. The van der Waals surface area contributed by atoms with E-state index in [2.05, 4.69) is 10.8 Å². The Labute approximate surface area is 134 Å². The topological polar surface area (TPSA) is 59.6 Å². The van der Waals surface area contributed by atoms with Gasteiger partial charge < -0.3 is 10.1 Å². The molecule has 5 nitrogen and oxygen atoms in total. The molecule has 23 heavy (non-hydrogen) atoms. The highest BCUT2D eigenvalue weighted by Gasteiger charge is 2.06. The van der Waals surface area contributed by atoms with E-state index in [-0.39, 0.29) is 18.9 Å². The molecule has 0 fully saturated rings. The minimum absolute atomic E-state index is 0.184. The van der Waals surface area contributed by atoms with Crippen LogP contribution in [0.1, 0.15) is 18.1 Å². The predicted molar refractivity (Wildman–Crippen MR) is 84.2 cm³/mol. The van der Waals surface area contributed by atoms with Crippen molar-refractivity contribution < 1.29 is 18.8 Å². The molecular weight excluding hydrogens is 299 g/mol. The molecule has 0 aliphatic rings. The van der Waals surface area contributed by atoms with Crippen LogP contribution < -0.4 is 15.5 Å². The molecule has 0 aliphatic carbocycles. The van der Waals surface area contributed by atoms with Crippen LogP contribution in [0.4, 0.5) is 9.18 Å². The zero-order valence-electron chi connectivity index (χ0n) is 12.8. The predicted octanol–water partition coefficient (Wildman–Crippen LogP) is 3.16. The summed E-state index contributed by atoms with van der Waals surface area (Å²) in [6.07, 6.45) is 0. The molecule has 2 aromatic rings. The average molecular weight is 318 g/mol. The summed E-state index contributed by atoms with van der Waals surface area (Å²) in [5.74, 6) is -0.251.